The monoisotopic (exact) mass is 274 g/mol. The number of aromatic nitrogens is 2. The van der Waals surface area contributed by atoms with Crippen molar-refractivity contribution in [1.82, 2.24) is 15.1 Å². The molecule has 0 aliphatic rings. The zero-order valence-corrected chi connectivity index (χ0v) is 11.5. The first kappa shape index (κ1) is 13.9. The summed E-state index contributed by atoms with van der Waals surface area (Å²) in [7, 11) is 1.54. The van der Waals surface area contributed by atoms with E-state index < -0.39 is 0 Å². The Morgan fingerprint density at radius 3 is 2.95 bits per heavy atom. The smallest absolute Gasteiger partial charge is 0.251 e. The van der Waals surface area contributed by atoms with Crippen molar-refractivity contribution in [2.75, 3.05) is 12.8 Å². The molecule has 0 saturated heterocycles. The van der Waals surface area contributed by atoms with Crippen molar-refractivity contribution in [3.05, 3.63) is 42.2 Å². The number of amides is 1. The van der Waals surface area contributed by atoms with Gasteiger partial charge < -0.3 is 15.8 Å². The molecule has 0 fully saturated rings. The Labute approximate surface area is 117 Å². The molecule has 0 bridgehead atoms. The van der Waals surface area contributed by atoms with Crippen LogP contribution in [-0.4, -0.2) is 28.8 Å². The Morgan fingerprint density at radius 1 is 1.55 bits per heavy atom. The van der Waals surface area contributed by atoms with Gasteiger partial charge in [0, 0.05) is 24.0 Å². The number of nitrogens with one attached hydrogen (secondary N) is 1. The van der Waals surface area contributed by atoms with Crippen LogP contribution in [0.5, 0.6) is 5.75 Å². The lowest BCUT2D eigenvalue weighted by Gasteiger charge is -2.14. The average molecular weight is 274 g/mol. The molecular formula is C14H18N4O2. The molecule has 1 aromatic heterocycles. The topological polar surface area (TPSA) is 82.2 Å². The number of hydrogen-bond donors (Lipinski definition) is 2. The SMILES string of the molecule is COc1ccc(C(=O)NC(C)Cn2cccn2)cc1N. The van der Waals surface area contributed by atoms with Crippen LogP contribution in [0.1, 0.15) is 17.3 Å². The van der Waals surface area contributed by atoms with Gasteiger partial charge in [-0.25, -0.2) is 0 Å². The number of anilines is 1. The van der Waals surface area contributed by atoms with E-state index in [2.05, 4.69) is 10.4 Å². The Balaban J connectivity index is 1.99. The fourth-order valence-corrected chi connectivity index (χ4v) is 1.92. The van der Waals surface area contributed by atoms with Crippen molar-refractivity contribution in [1.29, 1.82) is 0 Å². The van der Waals surface area contributed by atoms with Crippen LogP contribution in [0.2, 0.25) is 0 Å². The van der Waals surface area contributed by atoms with Gasteiger partial charge in [-0.1, -0.05) is 0 Å². The van der Waals surface area contributed by atoms with Gasteiger partial charge in [0.1, 0.15) is 5.75 Å². The van der Waals surface area contributed by atoms with Crippen LogP contribution in [0.4, 0.5) is 5.69 Å². The van der Waals surface area contributed by atoms with E-state index in [1.54, 1.807) is 29.1 Å². The van der Waals surface area contributed by atoms with E-state index in [9.17, 15) is 4.79 Å². The van der Waals surface area contributed by atoms with E-state index in [1.165, 1.54) is 7.11 Å². The Morgan fingerprint density at radius 2 is 2.35 bits per heavy atom. The molecular weight excluding hydrogens is 256 g/mol. The molecule has 1 atom stereocenters. The number of ether oxygens (including phenoxy) is 1. The number of nitrogen functional groups attached to an aromatic ring is 1. The first-order valence-corrected chi connectivity index (χ1v) is 6.32. The molecule has 0 aliphatic heterocycles. The minimum Gasteiger partial charge on any atom is -0.495 e. The van der Waals surface area contributed by atoms with Crippen LogP contribution in [0.3, 0.4) is 0 Å². The summed E-state index contributed by atoms with van der Waals surface area (Å²) in [5.74, 6) is 0.394. The number of carbonyl (C=O) groups is 1. The van der Waals surface area contributed by atoms with Gasteiger partial charge in [0.25, 0.3) is 5.91 Å². The second kappa shape index (κ2) is 6.10. The van der Waals surface area contributed by atoms with Gasteiger partial charge in [-0.05, 0) is 31.2 Å². The van der Waals surface area contributed by atoms with Gasteiger partial charge >= 0.3 is 0 Å². The normalized spacial score (nSPS) is 11.9. The van der Waals surface area contributed by atoms with Gasteiger partial charge in [-0.15, -0.1) is 0 Å². The number of methoxy groups -OCH3 is 1. The van der Waals surface area contributed by atoms with Crippen LogP contribution in [0.25, 0.3) is 0 Å². The molecule has 106 valence electrons. The van der Waals surface area contributed by atoms with Crippen molar-refractivity contribution < 1.29 is 9.53 Å². The van der Waals surface area contributed by atoms with Crippen LogP contribution in [0, 0.1) is 0 Å². The van der Waals surface area contributed by atoms with Crippen molar-refractivity contribution in [2.45, 2.75) is 19.5 Å². The highest BCUT2D eigenvalue weighted by Gasteiger charge is 2.12. The van der Waals surface area contributed by atoms with Crippen molar-refractivity contribution in [3.8, 4) is 5.75 Å². The number of carbonyl (C=O) groups excluding carboxylic acids is 1. The second-order valence-corrected chi connectivity index (χ2v) is 4.56. The van der Waals surface area contributed by atoms with Crippen molar-refractivity contribution >= 4 is 11.6 Å². The predicted molar refractivity (Wildman–Crippen MR) is 76.6 cm³/mol. The lowest BCUT2D eigenvalue weighted by Crippen LogP contribution is -2.35. The maximum atomic E-state index is 12.1. The third kappa shape index (κ3) is 3.28. The molecule has 0 aliphatic carbocycles. The van der Waals surface area contributed by atoms with Crippen LogP contribution < -0.4 is 15.8 Å². The predicted octanol–water partition coefficient (Wildman–Crippen LogP) is 1.29. The molecule has 0 saturated carbocycles. The van der Waals surface area contributed by atoms with E-state index in [0.29, 0.717) is 23.5 Å². The third-order valence-electron chi connectivity index (χ3n) is 2.89. The van der Waals surface area contributed by atoms with Gasteiger partial charge in [0.15, 0.2) is 0 Å². The van der Waals surface area contributed by atoms with E-state index in [-0.39, 0.29) is 11.9 Å². The minimum absolute atomic E-state index is 0.0364. The Hall–Kier alpha value is -2.50. The molecule has 0 radical (unpaired) electrons. The summed E-state index contributed by atoms with van der Waals surface area (Å²) in [6.45, 7) is 2.54. The lowest BCUT2D eigenvalue weighted by atomic mass is 10.1. The molecule has 1 amide bonds. The first-order valence-electron chi connectivity index (χ1n) is 6.32. The molecule has 2 aromatic rings. The summed E-state index contributed by atoms with van der Waals surface area (Å²) in [6.07, 6.45) is 3.56. The number of benzene rings is 1. The van der Waals surface area contributed by atoms with Gasteiger partial charge in [-0.2, -0.15) is 5.10 Å². The molecule has 6 heteroatoms. The van der Waals surface area contributed by atoms with Crippen molar-refractivity contribution in [3.63, 3.8) is 0 Å². The Kier molecular flexibility index (Phi) is 4.24. The maximum absolute atomic E-state index is 12.1. The first-order chi connectivity index (χ1) is 9.60. The fourth-order valence-electron chi connectivity index (χ4n) is 1.92. The van der Waals surface area contributed by atoms with Crippen molar-refractivity contribution in [2.24, 2.45) is 0 Å². The molecule has 3 N–H and O–H groups in total. The fraction of sp³-hybridized carbons (Fsp3) is 0.286. The van der Waals surface area contributed by atoms with E-state index in [1.807, 2.05) is 19.2 Å². The highest BCUT2D eigenvalue weighted by atomic mass is 16.5. The highest BCUT2D eigenvalue weighted by Crippen LogP contribution is 2.21. The highest BCUT2D eigenvalue weighted by molar-refractivity contribution is 5.95. The van der Waals surface area contributed by atoms with E-state index in [0.717, 1.165) is 0 Å². The largest absolute Gasteiger partial charge is 0.495 e. The standard InChI is InChI=1S/C14H18N4O2/c1-10(9-18-7-3-6-16-18)17-14(19)11-4-5-13(20-2)12(15)8-11/h3-8,10H,9,15H2,1-2H3,(H,17,19). The number of hydrogen-bond acceptors (Lipinski definition) is 4. The molecule has 1 heterocycles. The van der Waals surface area contributed by atoms with Crippen LogP contribution in [-0.2, 0) is 6.54 Å². The average Bonchev–Trinajstić information content (AvgIpc) is 2.91. The van der Waals surface area contributed by atoms with Crippen LogP contribution >= 0.6 is 0 Å². The quantitative estimate of drug-likeness (QED) is 0.805. The van der Waals surface area contributed by atoms with Crippen LogP contribution in [0.15, 0.2) is 36.7 Å². The lowest BCUT2D eigenvalue weighted by molar-refractivity contribution is 0.0936. The second-order valence-electron chi connectivity index (χ2n) is 4.56. The molecule has 1 unspecified atom stereocenters. The summed E-state index contributed by atoms with van der Waals surface area (Å²) < 4.78 is 6.83. The summed E-state index contributed by atoms with van der Waals surface area (Å²) in [5, 5.41) is 7.00. The zero-order chi connectivity index (χ0) is 14.5. The molecule has 1 aromatic carbocycles. The summed E-state index contributed by atoms with van der Waals surface area (Å²) in [5.41, 5.74) is 6.75. The summed E-state index contributed by atoms with van der Waals surface area (Å²) in [4.78, 5) is 12.1. The molecule has 2 rings (SSSR count). The number of rotatable bonds is 5. The summed E-state index contributed by atoms with van der Waals surface area (Å²) in [6, 6.07) is 6.78. The Bertz CT molecular complexity index is 581. The number of nitrogens with zero attached hydrogens (tertiary/aromatic N) is 2. The van der Waals surface area contributed by atoms with Gasteiger partial charge in [-0.3, -0.25) is 9.48 Å². The molecule has 20 heavy (non-hydrogen) atoms. The van der Waals surface area contributed by atoms with E-state index >= 15 is 0 Å². The third-order valence-corrected chi connectivity index (χ3v) is 2.89. The minimum atomic E-state index is -0.168. The molecule has 0 spiro atoms. The van der Waals surface area contributed by atoms with Gasteiger partial charge in [0.2, 0.25) is 0 Å². The van der Waals surface area contributed by atoms with E-state index in [4.69, 9.17) is 10.5 Å². The number of nitrogens with two attached hydrogens (primary N) is 1. The maximum Gasteiger partial charge on any atom is 0.251 e. The molecule has 6 nitrogen and oxygen atoms in total. The van der Waals surface area contributed by atoms with Gasteiger partial charge in [0.05, 0.1) is 19.3 Å². The summed E-state index contributed by atoms with van der Waals surface area (Å²) >= 11 is 0. The zero-order valence-electron chi connectivity index (χ0n) is 11.5.